The first-order chi connectivity index (χ1) is 7.67. The molecule has 0 amide bonds. The number of aliphatic hydroxyl groups is 1. The van der Waals surface area contributed by atoms with Crippen LogP contribution in [0, 0.1) is 11.8 Å². The molecule has 0 aliphatic carbocycles. The minimum absolute atomic E-state index is 0.244. The molecule has 1 aromatic carbocycles. The van der Waals surface area contributed by atoms with Crippen molar-refractivity contribution in [3.05, 3.63) is 30.3 Å². The van der Waals surface area contributed by atoms with Gasteiger partial charge in [-0.05, 0) is 6.42 Å². The van der Waals surface area contributed by atoms with Crippen molar-refractivity contribution in [2.24, 2.45) is 0 Å². The predicted octanol–water partition coefficient (Wildman–Crippen LogP) is 2.38. The molecule has 1 nitrogen and oxygen atoms in total. The van der Waals surface area contributed by atoms with Gasteiger partial charge >= 0.3 is 0 Å². The van der Waals surface area contributed by atoms with E-state index in [0.717, 1.165) is 18.9 Å². The summed E-state index contributed by atoms with van der Waals surface area (Å²) in [6.45, 7) is 4.94. The van der Waals surface area contributed by atoms with Crippen LogP contribution < -0.4 is 5.19 Å². The van der Waals surface area contributed by atoms with E-state index in [0.29, 0.717) is 0 Å². The maximum absolute atomic E-state index is 8.64. The fourth-order valence-electron chi connectivity index (χ4n) is 1.53. The largest absolute Gasteiger partial charge is 0.396 e. The van der Waals surface area contributed by atoms with Gasteiger partial charge in [0.2, 0.25) is 0 Å². The lowest BCUT2D eigenvalue weighted by Crippen LogP contribution is -2.40. The average molecular weight is 232 g/mol. The van der Waals surface area contributed by atoms with Gasteiger partial charge in [0.1, 0.15) is 0 Å². The van der Waals surface area contributed by atoms with Crippen LogP contribution in [0.25, 0.3) is 0 Å². The molecule has 0 aliphatic rings. The molecule has 0 heterocycles. The second-order valence-corrected chi connectivity index (χ2v) is 9.31. The van der Waals surface area contributed by atoms with Gasteiger partial charge in [-0.25, -0.2) is 0 Å². The lowest BCUT2D eigenvalue weighted by atomic mass is 10.3. The Balaban J connectivity index is 2.54. The molecule has 1 N–H and O–H groups in total. The molecule has 0 saturated carbocycles. The van der Waals surface area contributed by atoms with Crippen molar-refractivity contribution in [2.45, 2.75) is 32.0 Å². The van der Waals surface area contributed by atoms with Gasteiger partial charge in [-0.2, -0.15) is 0 Å². The Labute approximate surface area is 99.5 Å². The molecule has 0 fully saturated rings. The first kappa shape index (κ1) is 13.0. The van der Waals surface area contributed by atoms with E-state index in [4.69, 9.17) is 5.11 Å². The van der Waals surface area contributed by atoms with Gasteiger partial charge in [0.05, 0.1) is 8.07 Å². The van der Waals surface area contributed by atoms with Crippen LogP contribution in [0.2, 0.25) is 19.1 Å². The lowest BCUT2D eigenvalue weighted by molar-refractivity contribution is 0.290. The number of hydrogen-bond donors (Lipinski definition) is 1. The Bertz CT molecular complexity index is 359. The van der Waals surface area contributed by atoms with Gasteiger partial charge < -0.3 is 5.11 Å². The minimum atomic E-state index is -1.38. The van der Waals surface area contributed by atoms with Crippen LogP contribution in [0.1, 0.15) is 12.8 Å². The fourth-order valence-corrected chi connectivity index (χ4v) is 3.40. The SMILES string of the molecule is C[Si](C)(CC#CCCCO)c1ccccc1. The Hall–Kier alpha value is -1.04. The number of hydrogen-bond acceptors (Lipinski definition) is 1. The van der Waals surface area contributed by atoms with E-state index in [1.807, 2.05) is 0 Å². The summed E-state index contributed by atoms with van der Waals surface area (Å²) in [6, 6.07) is 11.7. The standard InChI is InChI=1S/C14H20OSi/c1-16(2,13-9-4-3-8-12-15)14-10-6-5-7-11-14/h5-7,10-11,15H,3,8,12-13H2,1-2H3. The molecule has 1 aromatic rings. The number of benzene rings is 1. The first-order valence-electron chi connectivity index (χ1n) is 5.79. The predicted molar refractivity (Wildman–Crippen MR) is 72.5 cm³/mol. The highest BCUT2D eigenvalue weighted by molar-refractivity contribution is 6.90. The highest BCUT2D eigenvalue weighted by Gasteiger charge is 2.21. The molecule has 16 heavy (non-hydrogen) atoms. The molecular formula is C14H20OSi. The van der Waals surface area contributed by atoms with Crippen LogP contribution in [0.3, 0.4) is 0 Å². The summed E-state index contributed by atoms with van der Waals surface area (Å²) in [4.78, 5) is 0. The normalized spacial score (nSPS) is 10.7. The summed E-state index contributed by atoms with van der Waals surface area (Å²) in [5.74, 6) is 6.40. The van der Waals surface area contributed by atoms with Crippen LogP contribution in [-0.2, 0) is 0 Å². The molecule has 0 unspecified atom stereocenters. The fraction of sp³-hybridized carbons (Fsp3) is 0.429. The molecule has 0 saturated heterocycles. The van der Waals surface area contributed by atoms with Gasteiger partial charge in [0.15, 0.2) is 0 Å². The smallest absolute Gasteiger partial charge is 0.0926 e. The second-order valence-electron chi connectivity index (χ2n) is 4.61. The maximum Gasteiger partial charge on any atom is 0.0926 e. The van der Waals surface area contributed by atoms with Gasteiger partial charge in [0, 0.05) is 19.1 Å². The Kier molecular flexibility index (Phi) is 5.31. The number of rotatable bonds is 4. The Morgan fingerprint density at radius 3 is 2.44 bits per heavy atom. The molecule has 1 rings (SSSR count). The Morgan fingerprint density at radius 1 is 1.12 bits per heavy atom. The highest BCUT2D eigenvalue weighted by Crippen LogP contribution is 2.08. The third-order valence-corrected chi connectivity index (χ3v) is 5.63. The third kappa shape index (κ3) is 4.22. The molecule has 86 valence electrons. The van der Waals surface area contributed by atoms with E-state index in [1.54, 1.807) is 0 Å². The summed E-state index contributed by atoms with van der Waals surface area (Å²) in [5.41, 5.74) is 0. The number of aliphatic hydroxyl groups excluding tert-OH is 1. The monoisotopic (exact) mass is 232 g/mol. The van der Waals surface area contributed by atoms with Gasteiger partial charge in [0.25, 0.3) is 0 Å². The summed E-state index contributed by atoms with van der Waals surface area (Å²) < 4.78 is 0. The van der Waals surface area contributed by atoms with E-state index in [-0.39, 0.29) is 6.61 Å². The lowest BCUT2D eigenvalue weighted by Gasteiger charge is -2.19. The second kappa shape index (κ2) is 6.52. The minimum Gasteiger partial charge on any atom is -0.396 e. The molecule has 0 aromatic heterocycles. The Morgan fingerprint density at radius 2 is 1.81 bits per heavy atom. The molecular weight excluding hydrogens is 212 g/mol. The number of unbranched alkanes of at least 4 members (excludes halogenated alkanes) is 1. The molecule has 0 bridgehead atoms. The molecule has 0 aliphatic heterocycles. The summed E-state index contributed by atoms with van der Waals surface area (Å²) in [5, 5.41) is 10.1. The van der Waals surface area contributed by atoms with Crippen LogP contribution in [-0.4, -0.2) is 19.8 Å². The van der Waals surface area contributed by atoms with Gasteiger partial charge in [-0.1, -0.05) is 48.6 Å². The zero-order valence-electron chi connectivity index (χ0n) is 10.2. The highest BCUT2D eigenvalue weighted by atomic mass is 28.3. The zero-order chi connectivity index (χ0) is 11.9. The molecule has 0 radical (unpaired) electrons. The molecule has 0 atom stereocenters. The average Bonchev–Trinajstić information content (AvgIpc) is 2.30. The van der Waals surface area contributed by atoms with Crippen molar-refractivity contribution in [3.63, 3.8) is 0 Å². The molecule has 2 heteroatoms. The summed E-state index contributed by atoms with van der Waals surface area (Å²) in [6.07, 6.45) is 1.61. The summed E-state index contributed by atoms with van der Waals surface area (Å²) >= 11 is 0. The van der Waals surface area contributed by atoms with Crippen molar-refractivity contribution in [1.82, 2.24) is 0 Å². The topological polar surface area (TPSA) is 20.2 Å². The quantitative estimate of drug-likeness (QED) is 0.480. The first-order valence-corrected chi connectivity index (χ1v) is 8.99. The van der Waals surface area contributed by atoms with Crippen LogP contribution in [0.5, 0.6) is 0 Å². The van der Waals surface area contributed by atoms with Crippen molar-refractivity contribution in [1.29, 1.82) is 0 Å². The van der Waals surface area contributed by atoms with Crippen molar-refractivity contribution in [2.75, 3.05) is 6.61 Å². The van der Waals surface area contributed by atoms with E-state index >= 15 is 0 Å². The van der Waals surface area contributed by atoms with E-state index in [2.05, 4.69) is 55.3 Å². The van der Waals surface area contributed by atoms with Crippen molar-refractivity contribution < 1.29 is 5.11 Å². The van der Waals surface area contributed by atoms with Gasteiger partial charge in [-0.3, -0.25) is 0 Å². The summed E-state index contributed by atoms with van der Waals surface area (Å²) in [7, 11) is -1.38. The van der Waals surface area contributed by atoms with Gasteiger partial charge in [-0.15, -0.1) is 11.8 Å². The van der Waals surface area contributed by atoms with E-state index in [1.165, 1.54) is 5.19 Å². The zero-order valence-corrected chi connectivity index (χ0v) is 11.2. The van der Waals surface area contributed by atoms with Crippen LogP contribution in [0.15, 0.2) is 30.3 Å². The third-order valence-electron chi connectivity index (χ3n) is 2.67. The van der Waals surface area contributed by atoms with Crippen LogP contribution in [0.4, 0.5) is 0 Å². The van der Waals surface area contributed by atoms with E-state index < -0.39 is 8.07 Å². The van der Waals surface area contributed by atoms with E-state index in [9.17, 15) is 0 Å². The molecule has 0 spiro atoms. The van der Waals surface area contributed by atoms with Crippen LogP contribution >= 0.6 is 0 Å². The van der Waals surface area contributed by atoms with Crippen molar-refractivity contribution >= 4 is 13.3 Å². The maximum atomic E-state index is 8.64. The van der Waals surface area contributed by atoms with Crippen molar-refractivity contribution in [3.8, 4) is 11.8 Å².